The fourth-order valence-corrected chi connectivity index (χ4v) is 5.93. The van der Waals surface area contributed by atoms with Crippen molar-refractivity contribution in [2.24, 2.45) is 0 Å². The molecule has 1 aromatic heterocycles. The molecule has 2 heterocycles. The molecule has 1 N–H and O–H groups in total. The van der Waals surface area contributed by atoms with Gasteiger partial charge in [0.05, 0.1) is 5.02 Å². The molecule has 0 radical (unpaired) electrons. The number of carbonyl (C=O) groups is 1. The van der Waals surface area contributed by atoms with Crippen LogP contribution in [0.3, 0.4) is 0 Å². The Labute approximate surface area is 199 Å². The monoisotopic (exact) mass is 483 g/mol. The zero-order valence-corrected chi connectivity index (χ0v) is 19.8. The minimum absolute atomic E-state index is 0.0218. The van der Waals surface area contributed by atoms with Crippen molar-refractivity contribution in [2.45, 2.75) is 37.0 Å². The number of amides is 1. The molecule has 0 atom stereocenters. The van der Waals surface area contributed by atoms with E-state index < -0.39 is 10.0 Å². The number of carbonyl (C=O) groups excluding carboxylic acids is 1. The molecular weight excluding hydrogens is 458 g/mol. The molecule has 0 unspecified atom stereocenters. The van der Waals surface area contributed by atoms with Gasteiger partial charge in [0, 0.05) is 36.7 Å². The molecule has 2 aromatic carbocycles. The Morgan fingerprint density at radius 1 is 0.909 bits per heavy atom. The first-order valence-electron chi connectivity index (χ1n) is 11.0. The van der Waals surface area contributed by atoms with Gasteiger partial charge in [0.2, 0.25) is 10.0 Å². The lowest BCUT2D eigenvalue weighted by molar-refractivity contribution is 0.102. The van der Waals surface area contributed by atoms with Gasteiger partial charge in [-0.1, -0.05) is 36.6 Å². The summed E-state index contributed by atoms with van der Waals surface area (Å²) in [5.41, 5.74) is 3.14. The fraction of sp³-hybridized carbons (Fsp3) is 0.280. The Balaban J connectivity index is 1.48. The predicted octanol–water partition coefficient (Wildman–Crippen LogP) is 5.14. The summed E-state index contributed by atoms with van der Waals surface area (Å²) in [5.74, 6) is -0.388. The molecule has 0 spiro atoms. The molecule has 172 valence electrons. The Bertz CT molecular complexity index is 1210. The highest BCUT2D eigenvalue weighted by Crippen LogP contribution is 2.28. The van der Waals surface area contributed by atoms with Crippen molar-refractivity contribution in [3.63, 3.8) is 0 Å². The van der Waals surface area contributed by atoms with Gasteiger partial charge in [-0.25, -0.2) is 8.42 Å². The van der Waals surface area contributed by atoms with Crippen LogP contribution >= 0.6 is 11.6 Å². The van der Waals surface area contributed by atoms with E-state index in [1.807, 2.05) is 36.4 Å². The molecule has 0 bridgehead atoms. The van der Waals surface area contributed by atoms with E-state index in [1.54, 1.807) is 12.4 Å². The first kappa shape index (κ1) is 23.4. The average Bonchev–Trinajstić information content (AvgIpc) is 3.11. The number of anilines is 1. The van der Waals surface area contributed by atoms with Gasteiger partial charge >= 0.3 is 0 Å². The maximum Gasteiger partial charge on any atom is 0.255 e. The van der Waals surface area contributed by atoms with E-state index in [0.717, 1.165) is 43.2 Å². The van der Waals surface area contributed by atoms with E-state index >= 15 is 0 Å². The first-order chi connectivity index (χ1) is 15.9. The quantitative estimate of drug-likeness (QED) is 0.526. The molecule has 1 aliphatic rings. The number of hydrogen-bond acceptors (Lipinski definition) is 4. The van der Waals surface area contributed by atoms with Crippen LogP contribution in [-0.2, 0) is 16.4 Å². The second-order valence-corrected chi connectivity index (χ2v) is 10.5. The highest BCUT2D eigenvalue weighted by molar-refractivity contribution is 7.89. The van der Waals surface area contributed by atoms with Crippen molar-refractivity contribution in [3.8, 4) is 0 Å². The van der Waals surface area contributed by atoms with Crippen LogP contribution in [0.4, 0.5) is 5.69 Å². The van der Waals surface area contributed by atoms with Crippen LogP contribution in [0.5, 0.6) is 0 Å². The summed E-state index contributed by atoms with van der Waals surface area (Å²) >= 11 is 6.25. The topological polar surface area (TPSA) is 79.4 Å². The molecule has 1 amide bonds. The minimum Gasteiger partial charge on any atom is -0.322 e. The van der Waals surface area contributed by atoms with Crippen LogP contribution in [0, 0.1) is 0 Å². The predicted molar refractivity (Wildman–Crippen MR) is 130 cm³/mol. The van der Waals surface area contributed by atoms with Crippen LogP contribution in [0.1, 0.15) is 47.2 Å². The molecule has 1 saturated heterocycles. The molecule has 0 saturated carbocycles. The van der Waals surface area contributed by atoms with Gasteiger partial charge in [-0.05, 0) is 72.9 Å². The molecule has 1 aliphatic heterocycles. The smallest absolute Gasteiger partial charge is 0.255 e. The first-order valence-corrected chi connectivity index (χ1v) is 12.8. The minimum atomic E-state index is -3.76. The van der Waals surface area contributed by atoms with Gasteiger partial charge in [-0.2, -0.15) is 4.31 Å². The highest BCUT2D eigenvalue weighted by atomic mass is 35.5. The van der Waals surface area contributed by atoms with E-state index in [2.05, 4.69) is 10.3 Å². The van der Waals surface area contributed by atoms with Gasteiger partial charge < -0.3 is 5.32 Å². The van der Waals surface area contributed by atoms with Crippen LogP contribution in [0.15, 0.2) is 71.9 Å². The number of sulfonamides is 1. The molecule has 4 rings (SSSR count). The lowest BCUT2D eigenvalue weighted by atomic mass is 10.1. The Morgan fingerprint density at radius 3 is 2.21 bits per heavy atom. The summed E-state index contributed by atoms with van der Waals surface area (Å²) in [5, 5.41) is 2.96. The molecule has 6 nitrogen and oxygen atoms in total. The number of benzene rings is 2. The SMILES string of the molecule is O=C(Nc1ccc(Cc2ccncc2)cc1)c1ccc(Cl)c(S(=O)(=O)N2CCCCCC2)c1. The molecule has 33 heavy (non-hydrogen) atoms. The largest absolute Gasteiger partial charge is 0.322 e. The molecular formula is C25H26ClN3O3S. The number of nitrogens with zero attached hydrogens (tertiary/aromatic N) is 2. The number of nitrogens with one attached hydrogen (secondary N) is 1. The zero-order chi connectivity index (χ0) is 23.3. The van der Waals surface area contributed by atoms with Crippen molar-refractivity contribution in [3.05, 3.63) is 88.7 Å². The highest BCUT2D eigenvalue weighted by Gasteiger charge is 2.28. The maximum absolute atomic E-state index is 13.2. The second kappa shape index (κ2) is 10.5. The van der Waals surface area contributed by atoms with Gasteiger partial charge in [0.15, 0.2) is 0 Å². The Hall–Kier alpha value is -2.74. The van der Waals surface area contributed by atoms with E-state index in [-0.39, 0.29) is 21.4 Å². The van der Waals surface area contributed by atoms with Crippen molar-refractivity contribution < 1.29 is 13.2 Å². The Kier molecular flexibility index (Phi) is 7.42. The number of hydrogen-bond donors (Lipinski definition) is 1. The Morgan fingerprint density at radius 2 is 1.55 bits per heavy atom. The average molecular weight is 484 g/mol. The van der Waals surface area contributed by atoms with Crippen molar-refractivity contribution in [2.75, 3.05) is 18.4 Å². The lowest BCUT2D eigenvalue weighted by Gasteiger charge is -2.21. The van der Waals surface area contributed by atoms with Crippen LogP contribution < -0.4 is 5.32 Å². The summed E-state index contributed by atoms with van der Waals surface area (Å²) in [4.78, 5) is 16.8. The van der Waals surface area contributed by atoms with Crippen LogP contribution in [-0.4, -0.2) is 36.7 Å². The molecule has 8 heteroatoms. The standard InChI is InChI=1S/C25H26ClN3O3S/c26-23-10-7-21(18-24(23)33(31,32)29-15-3-1-2-4-16-29)25(30)28-22-8-5-19(6-9-22)17-20-11-13-27-14-12-20/h5-14,18H,1-4,15-17H2,(H,28,30). The number of aromatic nitrogens is 1. The third kappa shape index (κ3) is 5.79. The van der Waals surface area contributed by atoms with Crippen LogP contribution in [0.2, 0.25) is 5.02 Å². The van der Waals surface area contributed by atoms with E-state index in [1.165, 1.54) is 22.5 Å². The van der Waals surface area contributed by atoms with Crippen molar-refractivity contribution >= 4 is 33.2 Å². The van der Waals surface area contributed by atoms with Crippen LogP contribution in [0.25, 0.3) is 0 Å². The zero-order valence-electron chi connectivity index (χ0n) is 18.2. The third-order valence-corrected chi connectivity index (χ3v) is 8.13. The molecule has 3 aromatic rings. The number of rotatable bonds is 6. The summed E-state index contributed by atoms with van der Waals surface area (Å²) in [6.07, 6.45) is 7.98. The van der Waals surface area contributed by atoms with Gasteiger partial charge in [-0.15, -0.1) is 0 Å². The molecule has 1 fully saturated rings. The normalized spacial score (nSPS) is 15.1. The second-order valence-electron chi connectivity index (χ2n) is 8.15. The van der Waals surface area contributed by atoms with E-state index in [9.17, 15) is 13.2 Å². The fourth-order valence-electron chi connectivity index (χ4n) is 3.91. The number of pyridine rings is 1. The number of halogens is 1. The van der Waals surface area contributed by atoms with Gasteiger partial charge in [-0.3, -0.25) is 9.78 Å². The summed E-state index contributed by atoms with van der Waals surface area (Å²) < 4.78 is 27.9. The third-order valence-electron chi connectivity index (χ3n) is 5.75. The maximum atomic E-state index is 13.2. The van der Waals surface area contributed by atoms with Crippen molar-refractivity contribution in [1.29, 1.82) is 0 Å². The summed E-state index contributed by atoms with van der Waals surface area (Å²) in [6, 6.07) is 15.9. The lowest BCUT2D eigenvalue weighted by Crippen LogP contribution is -2.32. The van der Waals surface area contributed by atoms with E-state index in [4.69, 9.17) is 11.6 Å². The molecule has 0 aliphatic carbocycles. The van der Waals surface area contributed by atoms with Gasteiger partial charge in [0.1, 0.15) is 4.90 Å². The van der Waals surface area contributed by atoms with E-state index in [0.29, 0.717) is 18.8 Å². The summed E-state index contributed by atoms with van der Waals surface area (Å²) in [6.45, 7) is 0.946. The van der Waals surface area contributed by atoms with Gasteiger partial charge in [0.25, 0.3) is 5.91 Å². The van der Waals surface area contributed by atoms with Crippen molar-refractivity contribution in [1.82, 2.24) is 9.29 Å². The summed E-state index contributed by atoms with van der Waals surface area (Å²) in [7, 11) is -3.76.